The monoisotopic (exact) mass is 437 g/mol. The average molecular weight is 438 g/mol. The van der Waals surface area contributed by atoms with E-state index in [1.807, 2.05) is 30.3 Å². The number of aromatic nitrogens is 3. The SMILES string of the molecule is COCCOCn1sc2cccn(CCc3ccc(OC)cc3)c-2nc2ccccc21. The van der Waals surface area contributed by atoms with Crippen LogP contribution < -0.4 is 4.74 Å². The molecule has 0 radical (unpaired) electrons. The van der Waals surface area contributed by atoms with Gasteiger partial charge in [-0.3, -0.25) is 3.96 Å². The molecule has 4 rings (SSSR count). The van der Waals surface area contributed by atoms with E-state index in [1.54, 1.807) is 25.8 Å². The normalized spacial score (nSPS) is 11.2. The summed E-state index contributed by atoms with van der Waals surface area (Å²) in [5, 5.41) is 0. The fourth-order valence-corrected chi connectivity index (χ4v) is 4.37. The first-order valence-electron chi connectivity index (χ1n) is 10.3. The van der Waals surface area contributed by atoms with E-state index in [1.165, 1.54) is 5.56 Å². The van der Waals surface area contributed by atoms with E-state index in [2.05, 4.69) is 45.1 Å². The molecule has 0 N–H and O–H groups in total. The number of aryl methyl sites for hydroxylation is 2. The van der Waals surface area contributed by atoms with Gasteiger partial charge in [-0.25, -0.2) is 4.98 Å². The molecule has 2 aliphatic rings. The van der Waals surface area contributed by atoms with E-state index in [4.69, 9.17) is 19.2 Å². The second-order valence-corrected chi connectivity index (χ2v) is 8.15. The van der Waals surface area contributed by atoms with Crippen LogP contribution in [-0.4, -0.2) is 40.9 Å². The van der Waals surface area contributed by atoms with Gasteiger partial charge < -0.3 is 18.8 Å². The van der Waals surface area contributed by atoms with Crippen molar-refractivity contribution in [2.75, 3.05) is 27.4 Å². The minimum Gasteiger partial charge on any atom is -0.497 e. The number of benzene rings is 2. The van der Waals surface area contributed by atoms with Crippen molar-refractivity contribution in [3.63, 3.8) is 0 Å². The maximum atomic E-state index is 5.82. The van der Waals surface area contributed by atoms with Gasteiger partial charge in [0.05, 0.1) is 36.2 Å². The number of pyridine rings is 1. The van der Waals surface area contributed by atoms with Gasteiger partial charge in [0.25, 0.3) is 0 Å². The Bertz CT molecular complexity index is 1130. The Balaban J connectivity index is 1.66. The molecule has 31 heavy (non-hydrogen) atoms. The van der Waals surface area contributed by atoms with Gasteiger partial charge in [0, 0.05) is 19.9 Å². The Morgan fingerprint density at radius 1 is 0.935 bits per heavy atom. The van der Waals surface area contributed by atoms with Gasteiger partial charge >= 0.3 is 0 Å². The molecular formula is C24H27N3O3S. The van der Waals surface area contributed by atoms with Crippen LogP contribution in [0.3, 0.4) is 0 Å². The van der Waals surface area contributed by atoms with Crippen LogP contribution in [0.25, 0.3) is 21.7 Å². The Morgan fingerprint density at radius 3 is 2.58 bits per heavy atom. The van der Waals surface area contributed by atoms with E-state index < -0.39 is 0 Å². The quantitative estimate of drug-likeness (QED) is 0.346. The Hall–Kier alpha value is -2.87. The Labute approximate surface area is 186 Å². The zero-order valence-corrected chi connectivity index (χ0v) is 18.7. The summed E-state index contributed by atoms with van der Waals surface area (Å²) in [6, 6.07) is 20.6. The minimum atomic E-state index is 0.459. The first-order chi connectivity index (χ1) is 15.3. The number of methoxy groups -OCH3 is 2. The summed E-state index contributed by atoms with van der Waals surface area (Å²) in [5.74, 6) is 1.84. The molecule has 0 aromatic heterocycles. The topological polar surface area (TPSA) is 50.4 Å². The summed E-state index contributed by atoms with van der Waals surface area (Å²) in [7, 11) is 3.37. The maximum absolute atomic E-state index is 5.82. The lowest BCUT2D eigenvalue weighted by molar-refractivity contribution is 0.0399. The molecule has 0 amide bonds. The van der Waals surface area contributed by atoms with Gasteiger partial charge in [0.2, 0.25) is 0 Å². The maximum Gasteiger partial charge on any atom is 0.152 e. The van der Waals surface area contributed by atoms with Gasteiger partial charge in [-0.05, 0) is 48.4 Å². The van der Waals surface area contributed by atoms with Gasteiger partial charge in [0.15, 0.2) is 5.82 Å². The Morgan fingerprint density at radius 2 is 1.77 bits per heavy atom. The molecule has 6 nitrogen and oxygen atoms in total. The van der Waals surface area contributed by atoms with E-state index in [-0.39, 0.29) is 0 Å². The highest BCUT2D eigenvalue weighted by atomic mass is 32.1. The van der Waals surface area contributed by atoms with Crippen LogP contribution in [0, 0.1) is 0 Å². The second kappa shape index (κ2) is 10.4. The summed E-state index contributed by atoms with van der Waals surface area (Å²) in [4.78, 5) is 6.14. The minimum absolute atomic E-state index is 0.459. The second-order valence-electron chi connectivity index (χ2n) is 7.09. The fraction of sp³-hybridized carbons (Fsp3) is 0.292. The first kappa shape index (κ1) is 21.4. The lowest BCUT2D eigenvalue weighted by Crippen LogP contribution is -2.06. The van der Waals surface area contributed by atoms with Crippen molar-refractivity contribution < 1.29 is 14.2 Å². The van der Waals surface area contributed by atoms with Crippen LogP contribution in [0.4, 0.5) is 0 Å². The largest absolute Gasteiger partial charge is 0.497 e. The molecule has 0 spiro atoms. The summed E-state index contributed by atoms with van der Waals surface area (Å²) < 4.78 is 20.5. The summed E-state index contributed by atoms with van der Waals surface area (Å²) in [5.41, 5.74) is 3.25. The molecule has 0 unspecified atom stereocenters. The average Bonchev–Trinajstić information content (AvgIpc) is 2.98. The van der Waals surface area contributed by atoms with E-state index in [0.29, 0.717) is 19.9 Å². The van der Waals surface area contributed by atoms with Crippen molar-refractivity contribution in [1.82, 2.24) is 13.5 Å². The smallest absolute Gasteiger partial charge is 0.152 e. The van der Waals surface area contributed by atoms with Gasteiger partial charge in [-0.1, -0.05) is 35.8 Å². The summed E-state index contributed by atoms with van der Waals surface area (Å²) in [6.45, 7) is 2.43. The lowest BCUT2D eigenvalue weighted by Gasteiger charge is -2.12. The van der Waals surface area contributed by atoms with Crippen molar-refractivity contribution in [3.05, 3.63) is 72.4 Å². The molecule has 7 heteroatoms. The van der Waals surface area contributed by atoms with Crippen LogP contribution in [0.2, 0.25) is 0 Å². The molecular weight excluding hydrogens is 410 g/mol. The number of hydrogen-bond acceptors (Lipinski definition) is 5. The molecule has 2 aromatic carbocycles. The van der Waals surface area contributed by atoms with Crippen LogP contribution in [-0.2, 0) is 29.2 Å². The van der Waals surface area contributed by atoms with Crippen molar-refractivity contribution in [1.29, 1.82) is 0 Å². The molecule has 2 aromatic rings. The predicted molar refractivity (Wildman–Crippen MR) is 124 cm³/mol. The van der Waals surface area contributed by atoms with Crippen LogP contribution >= 0.6 is 11.5 Å². The molecule has 0 atom stereocenters. The van der Waals surface area contributed by atoms with E-state index in [0.717, 1.165) is 40.5 Å². The Kier molecular flexibility index (Phi) is 7.19. The van der Waals surface area contributed by atoms with Gasteiger partial charge in [-0.15, -0.1) is 0 Å². The highest BCUT2D eigenvalue weighted by Crippen LogP contribution is 2.27. The molecule has 162 valence electrons. The zero-order valence-electron chi connectivity index (χ0n) is 17.9. The third-order valence-electron chi connectivity index (χ3n) is 5.03. The van der Waals surface area contributed by atoms with Crippen molar-refractivity contribution >= 4 is 22.6 Å². The number of ether oxygens (including phenoxy) is 3. The lowest BCUT2D eigenvalue weighted by atomic mass is 10.1. The number of para-hydroxylation sites is 2. The van der Waals surface area contributed by atoms with Crippen LogP contribution in [0.1, 0.15) is 5.56 Å². The molecule has 0 bridgehead atoms. The summed E-state index contributed by atoms with van der Waals surface area (Å²) >= 11 is 1.66. The standard InChI is InChI=1S/C24H27N3O3S/c1-28-16-17-30-18-27-22-7-4-3-6-21(22)25-24-23(31-27)8-5-14-26(24)15-13-19-9-11-20(29-2)12-10-19/h3-12,14H,13,15-18H2,1-2H3. The van der Waals surface area contributed by atoms with Gasteiger partial charge in [0.1, 0.15) is 12.5 Å². The van der Waals surface area contributed by atoms with E-state index >= 15 is 0 Å². The predicted octanol–water partition coefficient (Wildman–Crippen LogP) is 5.00. The fourth-order valence-electron chi connectivity index (χ4n) is 3.37. The van der Waals surface area contributed by atoms with Crippen LogP contribution in [0.15, 0.2) is 66.9 Å². The highest BCUT2D eigenvalue weighted by Gasteiger charge is 2.11. The van der Waals surface area contributed by atoms with Crippen molar-refractivity contribution in [2.45, 2.75) is 19.7 Å². The molecule has 2 aliphatic heterocycles. The van der Waals surface area contributed by atoms with Crippen LogP contribution in [0.5, 0.6) is 5.75 Å². The van der Waals surface area contributed by atoms with Crippen molar-refractivity contribution in [2.24, 2.45) is 0 Å². The molecule has 0 saturated carbocycles. The molecule has 0 fully saturated rings. The third-order valence-corrected chi connectivity index (χ3v) is 6.07. The molecule has 2 heterocycles. The number of hydrogen-bond donors (Lipinski definition) is 0. The van der Waals surface area contributed by atoms with Crippen molar-refractivity contribution in [3.8, 4) is 16.5 Å². The summed E-state index contributed by atoms with van der Waals surface area (Å²) in [6.07, 6.45) is 3.01. The zero-order chi connectivity index (χ0) is 21.5. The third kappa shape index (κ3) is 5.25. The molecule has 0 aliphatic carbocycles. The number of fused-ring (bicyclic) bond motifs is 2. The van der Waals surface area contributed by atoms with Gasteiger partial charge in [-0.2, -0.15) is 0 Å². The molecule has 0 saturated heterocycles. The highest BCUT2D eigenvalue weighted by molar-refractivity contribution is 7.10. The number of nitrogens with zero attached hydrogens (tertiary/aromatic N) is 3. The van der Waals surface area contributed by atoms with E-state index in [9.17, 15) is 0 Å². The first-order valence-corrected chi connectivity index (χ1v) is 11.0. The number of rotatable bonds is 9.